The largest absolute Gasteiger partial charge is 0.493 e. The van der Waals surface area contributed by atoms with E-state index in [-0.39, 0.29) is 0 Å². The normalized spacial score (nSPS) is 10.7. The van der Waals surface area contributed by atoms with Crippen molar-refractivity contribution in [3.8, 4) is 28.7 Å². The van der Waals surface area contributed by atoms with Crippen molar-refractivity contribution in [1.29, 1.82) is 0 Å². The lowest BCUT2D eigenvalue weighted by atomic mass is 10.1. The van der Waals surface area contributed by atoms with Gasteiger partial charge >= 0.3 is 0 Å². The van der Waals surface area contributed by atoms with Crippen molar-refractivity contribution < 1.29 is 23.1 Å². The summed E-state index contributed by atoms with van der Waals surface area (Å²) < 4.78 is 27.0. The Labute approximate surface area is 158 Å². The third-order valence-corrected chi connectivity index (χ3v) is 3.84. The molecule has 0 fully saturated rings. The lowest BCUT2D eigenvalue weighted by Crippen LogP contribution is -1.96. The Bertz CT molecular complexity index is 739. The number of hydrogen-bond donors (Lipinski definition) is 1. The molecule has 2 rings (SSSR count). The fourth-order valence-corrected chi connectivity index (χ4v) is 2.64. The summed E-state index contributed by atoms with van der Waals surface area (Å²) in [6, 6.07) is 9.40. The minimum Gasteiger partial charge on any atom is -0.493 e. The molecule has 2 aromatic rings. The highest BCUT2D eigenvalue weighted by Gasteiger charge is 2.12. The number of methoxy groups -OCH3 is 3. The zero-order chi connectivity index (χ0) is 18.9. The molecule has 0 aliphatic carbocycles. The van der Waals surface area contributed by atoms with Crippen LogP contribution < -0.4 is 28.3 Å². The van der Waals surface area contributed by atoms with Crippen LogP contribution in [0, 0.1) is 0 Å². The Hall–Kier alpha value is -2.51. The second kappa shape index (κ2) is 9.84. The van der Waals surface area contributed by atoms with Gasteiger partial charge in [0.1, 0.15) is 12.2 Å². The fourth-order valence-electron chi connectivity index (χ4n) is 2.41. The summed E-state index contributed by atoms with van der Waals surface area (Å²) >= 11 is 0.781. The first-order valence-electron chi connectivity index (χ1n) is 7.95. The Balaban J connectivity index is 2.33. The van der Waals surface area contributed by atoms with Gasteiger partial charge in [0.25, 0.3) is 0 Å². The summed E-state index contributed by atoms with van der Waals surface area (Å²) in [4.78, 5) is 0. The van der Waals surface area contributed by atoms with Crippen LogP contribution in [0.1, 0.15) is 18.1 Å². The zero-order valence-corrected chi connectivity index (χ0v) is 16.1. The van der Waals surface area contributed by atoms with E-state index in [9.17, 15) is 0 Å². The molecular weight excluding hydrogens is 354 g/mol. The van der Waals surface area contributed by atoms with Gasteiger partial charge in [-0.3, -0.25) is 0 Å². The van der Waals surface area contributed by atoms with Gasteiger partial charge in [0.2, 0.25) is 5.75 Å². The zero-order valence-electron chi connectivity index (χ0n) is 15.3. The molecule has 0 radical (unpaired) electrons. The molecule has 0 saturated heterocycles. The molecule has 0 aliphatic rings. The molecule has 0 unspecified atom stereocenters. The van der Waals surface area contributed by atoms with Crippen LogP contribution in [0.4, 0.5) is 0 Å². The second-order valence-corrected chi connectivity index (χ2v) is 5.47. The molecule has 0 saturated carbocycles. The van der Waals surface area contributed by atoms with E-state index in [2.05, 4.69) is 0 Å². The summed E-state index contributed by atoms with van der Waals surface area (Å²) in [6.07, 6.45) is 3.89. The van der Waals surface area contributed by atoms with Crippen LogP contribution >= 0.6 is 12.2 Å². The Morgan fingerprint density at radius 3 is 2.00 bits per heavy atom. The lowest BCUT2D eigenvalue weighted by molar-refractivity contribution is 0.324. The predicted molar refractivity (Wildman–Crippen MR) is 105 cm³/mol. The van der Waals surface area contributed by atoms with Crippen LogP contribution in [0.15, 0.2) is 30.3 Å². The molecule has 0 spiro atoms. The quantitative estimate of drug-likeness (QED) is 0.399. The first-order valence-corrected chi connectivity index (χ1v) is 8.75. The maximum atomic E-state index is 5.53. The van der Waals surface area contributed by atoms with Crippen molar-refractivity contribution in [3.05, 3.63) is 41.5 Å². The minimum absolute atomic E-state index is 0.548. The summed E-state index contributed by atoms with van der Waals surface area (Å²) in [5.74, 6) is 2.98. The molecule has 0 heterocycles. The van der Waals surface area contributed by atoms with Gasteiger partial charge < -0.3 is 23.1 Å². The number of rotatable bonds is 9. The van der Waals surface area contributed by atoms with Crippen LogP contribution in [0.5, 0.6) is 28.7 Å². The number of hydrogen-bond acceptors (Lipinski definition) is 7. The molecule has 7 heteroatoms. The SMILES string of the molecule is CCOc1ccc(/C=C\c2cc(OC)c(OC)c(OC)c2)cc1OSN. The van der Waals surface area contributed by atoms with Crippen LogP contribution in [0.3, 0.4) is 0 Å². The van der Waals surface area contributed by atoms with Gasteiger partial charge in [0, 0.05) is 0 Å². The van der Waals surface area contributed by atoms with Gasteiger partial charge in [0.05, 0.1) is 27.9 Å². The van der Waals surface area contributed by atoms with Gasteiger partial charge in [-0.15, -0.1) is 0 Å². The maximum absolute atomic E-state index is 5.53. The highest BCUT2D eigenvalue weighted by molar-refractivity contribution is 7.92. The van der Waals surface area contributed by atoms with Crippen LogP contribution in [-0.2, 0) is 0 Å². The first kappa shape index (κ1) is 19.8. The van der Waals surface area contributed by atoms with Crippen molar-refractivity contribution in [1.82, 2.24) is 0 Å². The van der Waals surface area contributed by atoms with Crippen LogP contribution in [0.25, 0.3) is 12.2 Å². The average Bonchev–Trinajstić information content (AvgIpc) is 2.67. The molecule has 0 atom stereocenters. The Kier molecular flexibility index (Phi) is 7.50. The summed E-state index contributed by atoms with van der Waals surface area (Å²) in [6.45, 7) is 2.46. The van der Waals surface area contributed by atoms with Crippen LogP contribution in [-0.4, -0.2) is 27.9 Å². The van der Waals surface area contributed by atoms with E-state index in [0.717, 1.165) is 23.4 Å². The Morgan fingerprint density at radius 2 is 1.46 bits per heavy atom. The van der Waals surface area contributed by atoms with E-state index in [0.29, 0.717) is 35.4 Å². The molecule has 26 heavy (non-hydrogen) atoms. The molecule has 0 bridgehead atoms. The molecule has 0 aromatic heterocycles. The number of ether oxygens (including phenoxy) is 4. The Morgan fingerprint density at radius 1 is 0.846 bits per heavy atom. The monoisotopic (exact) mass is 377 g/mol. The smallest absolute Gasteiger partial charge is 0.203 e. The van der Waals surface area contributed by atoms with E-state index < -0.39 is 0 Å². The third-order valence-electron chi connectivity index (χ3n) is 3.56. The van der Waals surface area contributed by atoms with E-state index in [4.69, 9.17) is 28.3 Å². The average molecular weight is 377 g/mol. The number of benzene rings is 2. The molecule has 2 aromatic carbocycles. The van der Waals surface area contributed by atoms with Crippen molar-refractivity contribution in [2.45, 2.75) is 6.92 Å². The lowest BCUT2D eigenvalue weighted by Gasteiger charge is -2.13. The fraction of sp³-hybridized carbons (Fsp3) is 0.263. The topological polar surface area (TPSA) is 72.2 Å². The summed E-state index contributed by atoms with van der Waals surface area (Å²) in [5.41, 5.74) is 1.84. The van der Waals surface area contributed by atoms with Gasteiger partial charge in [-0.25, -0.2) is 5.14 Å². The highest BCUT2D eigenvalue weighted by Crippen LogP contribution is 2.38. The second-order valence-electron chi connectivity index (χ2n) is 5.11. The van der Waals surface area contributed by atoms with E-state index in [1.54, 1.807) is 21.3 Å². The molecule has 140 valence electrons. The van der Waals surface area contributed by atoms with Gasteiger partial charge in [-0.1, -0.05) is 18.2 Å². The number of nitrogens with two attached hydrogens (primary N) is 1. The van der Waals surface area contributed by atoms with E-state index in [1.807, 2.05) is 49.4 Å². The van der Waals surface area contributed by atoms with Crippen molar-refractivity contribution in [3.63, 3.8) is 0 Å². The van der Waals surface area contributed by atoms with Crippen LogP contribution in [0.2, 0.25) is 0 Å². The molecule has 2 N–H and O–H groups in total. The minimum atomic E-state index is 0.548. The van der Waals surface area contributed by atoms with E-state index >= 15 is 0 Å². The summed E-state index contributed by atoms with van der Waals surface area (Å²) in [7, 11) is 4.75. The van der Waals surface area contributed by atoms with Gasteiger partial charge in [0.15, 0.2) is 23.0 Å². The van der Waals surface area contributed by atoms with Gasteiger partial charge in [-0.2, -0.15) is 0 Å². The molecule has 0 amide bonds. The molecule has 6 nitrogen and oxygen atoms in total. The molecular formula is C19H23NO5S. The third kappa shape index (κ3) is 4.77. The first-order chi connectivity index (χ1) is 12.7. The van der Waals surface area contributed by atoms with Crippen molar-refractivity contribution >= 4 is 24.4 Å². The molecule has 0 aliphatic heterocycles. The van der Waals surface area contributed by atoms with Crippen molar-refractivity contribution in [2.75, 3.05) is 27.9 Å². The van der Waals surface area contributed by atoms with Crippen molar-refractivity contribution in [2.24, 2.45) is 5.14 Å². The van der Waals surface area contributed by atoms with E-state index in [1.165, 1.54) is 0 Å². The summed E-state index contributed by atoms with van der Waals surface area (Å²) in [5, 5.41) is 5.41. The highest BCUT2D eigenvalue weighted by atomic mass is 32.2. The van der Waals surface area contributed by atoms with Gasteiger partial charge in [-0.05, 0) is 42.3 Å². The maximum Gasteiger partial charge on any atom is 0.203 e. The predicted octanol–water partition coefficient (Wildman–Crippen LogP) is 4.18. The standard InChI is InChI=1S/C19H23NO5S/c1-5-24-15-9-8-13(10-16(15)25-26-20)6-7-14-11-17(21-2)19(23-4)18(12-14)22-3/h6-12H,5,20H2,1-4H3/b7-6-.